The van der Waals surface area contributed by atoms with Gasteiger partial charge >= 0.3 is 5.97 Å². The van der Waals surface area contributed by atoms with Crippen molar-refractivity contribution in [2.75, 3.05) is 25.6 Å². The van der Waals surface area contributed by atoms with Crippen molar-refractivity contribution in [1.29, 1.82) is 0 Å². The summed E-state index contributed by atoms with van der Waals surface area (Å²) in [7, 11) is 1.29. The number of nitrogens with zero attached hydrogens (tertiary/aromatic N) is 1. The number of amides is 3. The molecule has 0 spiro atoms. The van der Waals surface area contributed by atoms with E-state index < -0.39 is 17.8 Å². The summed E-state index contributed by atoms with van der Waals surface area (Å²) in [5.41, 5.74) is 1.61. The molecule has 2 aliphatic rings. The van der Waals surface area contributed by atoms with E-state index in [0.29, 0.717) is 17.9 Å². The van der Waals surface area contributed by atoms with Crippen LogP contribution in [0, 0.1) is 0 Å². The van der Waals surface area contributed by atoms with Gasteiger partial charge in [0.25, 0.3) is 17.7 Å². The maximum absolute atomic E-state index is 12.7. The maximum atomic E-state index is 12.7. The molecule has 30 heavy (non-hydrogen) atoms. The first kappa shape index (κ1) is 19.8. The second kappa shape index (κ2) is 8.08. The molecule has 8 nitrogen and oxygen atoms in total. The van der Waals surface area contributed by atoms with Gasteiger partial charge in [0.05, 0.1) is 36.4 Å². The average Bonchev–Trinajstić information content (AvgIpc) is 3.36. The van der Waals surface area contributed by atoms with E-state index in [2.05, 4.69) is 10.1 Å². The van der Waals surface area contributed by atoms with Crippen molar-refractivity contribution in [3.8, 4) is 0 Å². The van der Waals surface area contributed by atoms with Crippen LogP contribution in [0.5, 0.6) is 0 Å². The lowest BCUT2D eigenvalue weighted by atomic mass is 10.1. The van der Waals surface area contributed by atoms with Gasteiger partial charge in [-0.2, -0.15) is 0 Å². The molecule has 0 unspecified atom stereocenters. The van der Waals surface area contributed by atoms with Crippen LogP contribution in [0.25, 0.3) is 0 Å². The summed E-state index contributed by atoms with van der Waals surface area (Å²) >= 11 is 0. The monoisotopic (exact) mass is 408 g/mol. The summed E-state index contributed by atoms with van der Waals surface area (Å²) < 4.78 is 10.2. The molecule has 1 saturated heterocycles. The third-order valence-electron chi connectivity index (χ3n) is 5.21. The van der Waals surface area contributed by atoms with Crippen LogP contribution in [0.2, 0.25) is 0 Å². The predicted octanol–water partition coefficient (Wildman–Crippen LogP) is 2.50. The SMILES string of the molecule is COC(=O)c1ccc(NC(=O)c2ccc3c(c2)C(=O)N(C[C@H]2CCCO2)C3=O)cc1. The van der Waals surface area contributed by atoms with Gasteiger partial charge in [0.1, 0.15) is 0 Å². The second-order valence-corrected chi connectivity index (χ2v) is 7.14. The summed E-state index contributed by atoms with van der Waals surface area (Å²) in [6, 6.07) is 10.7. The topological polar surface area (TPSA) is 102 Å². The number of hydrogen-bond donors (Lipinski definition) is 1. The van der Waals surface area contributed by atoms with E-state index in [4.69, 9.17) is 4.74 Å². The van der Waals surface area contributed by atoms with Gasteiger partial charge in [0.15, 0.2) is 0 Å². The number of carbonyl (C=O) groups excluding carboxylic acids is 4. The molecule has 4 rings (SSSR count). The Kier molecular flexibility index (Phi) is 5.33. The molecule has 8 heteroatoms. The van der Waals surface area contributed by atoms with Gasteiger partial charge in [-0.25, -0.2) is 4.79 Å². The highest BCUT2D eigenvalue weighted by molar-refractivity contribution is 6.22. The number of esters is 1. The zero-order valence-corrected chi connectivity index (χ0v) is 16.3. The number of anilines is 1. The highest BCUT2D eigenvalue weighted by Crippen LogP contribution is 2.26. The number of fused-ring (bicyclic) bond motifs is 1. The third-order valence-corrected chi connectivity index (χ3v) is 5.21. The molecule has 0 aromatic heterocycles. The normalized spacial score (nSPS) is 17.8. The molecule has 1 N–H and O–H groups in total. The van der Waals surface area contributed by atoms with Crippen molar-refractivity contribution >= 4 is 29.4 Å². The molecule has 1 fully saturated rings. The van der Waals surface area contributed by atoms with Crippen LogP contribution < -0.4 is 5.32 Å². The molecule has 1 atom stereocenters. The van der Waals surface area contributed by atoms with Crippen molar-refractivity contribution in [3.05, 3.63) is 64.7 Å². The largest absolute Gasteiger partial charge is 0.465 e. The number of hydrogen-bond acceptors (Lipinski definition) is 6. The maximum Gasteiger partial charge on any atom is 0.337 e. The Bertz CT molecular complexity index is 1020. The van der Waals surface area contributed by atoms with Crippen LogP contribution in [0.3, 0.4) is 0 Å². The van der Waals surface area contributed by atoms with Gasteiger partial charge in [0.2, 0.25) is 0 Å². The van der Waals surface area contributed by atoms with E-state index in [0.717, 1.165) is 12.8 Å². The first-order valence-corrected chi connectivity index (χ1v) is 9.59. The van der Waals surface area contributed by atoms with E-state index in [1.54, 1.807) is 12.1 Å². The van der Waals surface area contributed by atoms with Gasteiger partial charge in [-0.3, -0.25) is 19.3 Å². The lowest BCUT2D eigenvalue weighted by molar-refractivity contribution is 0.0475. The highest BCUT2D eigenvalue weighted by atomic mass is 16.5. The molecular weight excluding hydrogens is 388 g/mol. The van der Waals surface area contributed by atoms with Gasteiger partial charge in [-0.1, -0.05) is 0 Å². The zero-order valence-electron chi connectivity index (χ0n) is 16.3. The van der Waals surface area contributed by atoms with Crippen LogP contribution >= 0.6 is 0 Å². The Hall–Kier alpha value is -3.52. The Morgan fingerprint density at radius 3 is 2.43 bits per heavy atom. The van der Waals surface area contributed by atoms with Crippen LogP contribution in [0.15, 0.2) is 42.5 Å². The molecule has 0 radical (unpaired) electrons. The number of rotatable bonds is 5. The van der Waals surface area contributed by atoms with Crippen molar-refractivity contribution in [2.24, 2.45) is 0 Å². The van der Waals surface area contributed by atoms with Crippen LogP contribution in [0.1, 0.15) is 54.3 Å². The number of ether oxygens (including phenoxy) is 2. The fourth-order valence-corrected chi connectivity index (χ4v) is 3.60. The summed E-state index contributed by atoms with van der Waals surface area (Å²) in [5.74, 6) is -1.68. The molecule has 0 aliphatic carbocycles. The minimum Gasteiger partial charge on any atom is -0.465 e. The average molecular weight is 408 g/mol. The van der Waals surface area contributed by atoms with E-state index in [9.17, 15) is 19.2 Å². The quantitative estimate of drug-likeness (QED) is 0.603. The Balaban J connectivity index is 1.48. The van der Waals surface area contributed by atoms with Gasteiger partial charge in [0, 0.05) is 17.9 Å². The summed E-state index contributed by atoms with van der Waals surface area (Å²) in [6.07, 6.45) is 1.59. The van der Waals surface area contributed by atoms with Crippen LogP contribution in [-0.2, 0) is 9.47 Å². The van der Waals surface area contributed by atoms with E-state index >= 15 is 0 Å². The second-order valence-electron chi connectivity index (χ2n) is 7.14. The number of carbonyl (C=O) groups is 4. The fourth-order valence-electron chi connectivity index (χ4n) is 3.60. The van der Waals surface area contributed by atoms with Gasteiger partial charge in [-0.05, 0) is 55.3 Å². The Morgan fingerprint density at radius 1 is 1.07 bits per heavy atom. The smallest absolute Gasteiger partial charge is 0.337 e. The van der Waals surface area contributed by atoms with E-state index in [1.807, 2.05) is 0 Å². The number of nitrogens with one attached hydrogen (secondary N) is 1. The molecule has 2 aromatic carbocycles. The fraction of sp³-hybridized carbons (Fsp3) is 0.273. The molecule has 0 saturated carbocycles. The first-order chi connectivity index (χ1) is 14.5. The zero-order chi connectivity index (χ0) is 21.3. The Labute approximate surface area is 172 Å². The summed E-state index contributed by atoms with van der Waals surface area (Å²) in [4.78, 5) is 50.6. The number of benzene rings is 2. The Morgan fingerprint density at radius 2 is 1.77 bits per heavy atom. The van der Waals surface area contributed by atoms with Crippen molar-refractivity contribution in [1.82, 2.24) is 4.90 Å². The van der Waals surface area contributed by atoms with Crippen molar-refractivity contribution in [2.45, 2.75) is 18.9 Å². The van der Waals surface area contributed by atoms with Gasteiger partial charge in [-0.15, -0.1) is 0 Å². The lowest BCUT2D eigenvalue weighted by Gasteiger charge is -2.17. The van der Waals surface area contributed by atoms with Crippen LogP contribution in [0.4, 0.5) is 5.69 Å². The highest BCUT2D eigenvalue weighted by Gasteiger charge is 2.37. The molecule has 2 heterocycles. The molecule has 2 aromatic rings. The standard InChI is InChI=1S/C22H20N2O6/c1-29-22(28)13-4-7-15(8-5-13)23-19(25)14-6-9-17-18(11-14)21(27)24(20(17)26)12-16-3-2-10-30-16/h4-9,11,16H,2-3,10,12H2,1H3,(H,23,25)/t16-/m1/s1. The van der Waals surface area contributed by atoms with Gasteiger partial charge < -0.3 is 14.8 Å². The minimum atomic E-state index is -0.470. The summed E-state index contributed by atoms with van der Waals surface area (Å²) in [5, 5.41) is 2.71. The minimum absolute atomic E-state index is 0.136. The molecule has 154 valence electrons. The number of methoxy groups -OCH3 is 1. The lowest BCUT2D eigenvalue weighted by Crippen LogP contribution is -2.36. The summed E-state index contributed by atoms with van der Waals surface area (Å²) in [6.45, 7) is 0.860. The van der Waals surface area contributed by atoms with Crippen molar-refractivity contribution < 1.29 is 28.7 Å². The first-order valence-electron chi connectivity index (χ1n) is 9.59. The molecular formula is C22H20N2O6. The molecule has 2 aliphatic heterocycles. The van der Waals surface area contributed by atoms with Crippen LogP contribution in [-0.4, -0.2) is 55.0 Å². The van der Waals surface area contributed by atoms with E-state index in [1.165, 1.54) is 42.3 Å². The molecule has 0 bridgehead atoms. The van der Waals surface area contributed by atoms with E-state index in [-0.39, 0.29) is 35.2 Å². The number of imide groups is 1. The third kappa shape index (κ3) is 3.69. The van der Waals surface area contributed by atoms with Crippen molar-refractivity contribution in [3.63, 3.8) is 0 Å². The molecule has 3 amide bonds. The predicted molar refractivity (Wildman–Crippen MR) is 107 cm³/mol.